The van der Waals surface area contributed by atoms with E-state index in [9.17, 15) is 0 Å². The Hall–Kier alpha value is -2.34. The molecule has 0 saturated heterocycles. The minimum absolute atomic E-state index is 0.695. The third-order valence-corrected chi connectivity index (χ3v) is 3.59. The van der Waals surface area contributed by atoms with Crippen molar-refractivity contribution in [2.24, 2.45) is 4.99 Å². The molecule has 0 fully saturated rings. The number of aromatic nitrogens is 3. The molecule has 0 amide bonds. The number of thioether (sulfide) groups is 1. The molecule has 5 nitrogen and oxygen atoms in total. The minimum Gasteiger partial charge on any atom is -0.468 e. The molecule has 0 radical (unpaired) electrons. The van der Waals surface area contributed by atoms with Gasteiger partial charge < -0.3 is 4.74 Å². The number of allylic oxidation sites excluding steroid dienone is 2. The van der Waals surface area contributed by atoms with Crippen LogP contribution in [0.15, 0.2) is 70.3 Å². The quantitative estimate of drug-likeness (QED) is 0.627. The zero-order chi connectivity index (χ0) is 13.8. The van der Waals surface area contributed by atoms with E-state index in [1.54, 1.807) is 29.0 Å². The van der Waals surface area contributed by atoms with Crippen molar-refractivity contribution < 1.29 is 4.74 Å². The second kappa shape index (κ2) is 5.75. The van der Waals surface area contributed by atoms with E-state index in [4.69, 9.17) is 4.74 Å². The molecule has 0 bridgehead atoms. The molecule has 0 unspecified atom stereocenters. The Labute approximate surface area is 120 Å². The molecule has 0 N–H and O–H groups in total. The molecule has 0 saturated carbocycles. The highest BCUT2D eigenvalue weighted by Crippen LogP contribution is 2.29. The lowest BCUT2D eigenvalue weighted by Crippen LogP contribution is -2.16. The number of aliphatic imine (C=N–C) groups is 1. The molecule has 20 heavy (non-hydrogen) atoms. The van der Waals surface area contributed by atoms with Gasteiger partial charge in [-0.2, -0.15) is 5.10 Å². The molecule has 0 aliphatic carbocycles. The number of para-hydroxylation sites is 1. The first-order valence-corrected chi connectivity index (χ1v) is 6.91. The molecule has 1 aromatic carbocycles. The van der Waals surface area contributed by atoms with Gasteiger partial charge in [-0.3, -0.25) is 0 Å². The van der Waals surface area contributed by atoms with Gasteiger partial charge in [0.1, 0.15) is 18.4 Å². The van der Waals surface area contributed by atoms with Crippen LogP contribution in [0.2, 0.25) is 0 Å². The lowest BCUT2D eigenvalue weighted by molar-refractivity contribution is 0.352. The van der Waals surface area contributed by atoms with Gasteiger partial charge in [0.2, 0.25) is 0 Å². The highest BCUT2D eigenvalue weighted by Gasteiger charge is 2.17. The minimum atomic E-state index is 0.695. The van der Waals surface area contributed by atoms with Crippen LogP contribution in [0, 0.1) is 0 Å². The second-order valence-electron chi connectivity index (χ2n) is 4.00. The summed E-state index contributed by atoms with van der Waals surface area (Å²) in [5, 5.41) is 6.04. The molecule has 1 aliphatic heterocycles. The Morgan fingerprint density at radius 1 is 1.30 bits per heavy atom. The van der Waals surface area contributed by atoms with E-state index >= 15 is 0 Å². The summed E-state index contributed by atoms with van der Waals surface area (Å²) in [4.78, 5) is 9.56. The summed E-state index contributed by atoms with van der Waals surface area (Å²) in [6.45, 7) is 1.91. The summed E-state index contributed by atoms with van der Waals surface area (Å²) in [5.74, 6) is 1.49. The van der Waals surface area contributed by atoms with Crippen LogP contribution in [-0.4, -0.2) is 20.6 Å². The van der Waals surface area contributed by atoms with E-state index in [1.807, 2.05) is 42.7 Å². The normalized spacial score (nSPS) is 15.3. The van der Waals surface area contributed by atoms with Gasteiger partial charge in [0.25, 0.3) is 0 Å². The van der Waals surface area contributed by atoms with Crippen molar-refractivity contribution in [1.82, 2.24) is 14.8 Å². The van der Waals surface area contributed by atoms with Gasteiger partial charge in [0, 0.05) is 5.41 Å². The summed E-state index contributed by atoms with van der Waals surface area (Å²) < 4.78 is 7.08. The van der Waals surface area contributed by atoms with Crippen molar-refractivity contribution in [2.45, 2.75) is 6.92 Å². The fourth-order valence-electron chi connectivity index (χ4n) is 1.72. The fourth-order valence-corrected chi connectivity index (χ4v) is 2.43. The summed E-state index contributed by atoms with van der Waals surface area (Å²) in [6, 6.07) is 9.74. The largest absolute Gasteiger partial charge is 0.468 e. The summed E-state index contributed by atoms with van der Waals surface area (Å²) >= 11 is 1.55. The van der Waals surface area contributed by atoms with Crippen molar-refractivity contribution >= 4 is 23.3 Å². The van der Waals surface area contributed by atoms with Crippen molar-refractivity contribution in [2.75, 3.05) is 0 Å². The van der Waals surface area contributed by atoms with Gasteiger partial charge in [-0.15, -0.1) is 0 Å². The average Bonchev–Trinajstić information content (AvgIpc) is 3.01. The van der Waals surface area contributed by atoms with E-state index in [1.165, 1.54) is 6.33 Å². The predicted molar refractivity (Wildman–Crippen MR) is 79.5 cm³/mol. The molecule has 2 heterocycles. The molecule has 2 aromatic rings. The molecule has 3 rings (SSSR count). The van der Waals surface area contributed by atoms with E-state index in [2.05, 4.69) is 15.1 Å². The van der Waals surface area contributed by atoms with Crippen LogP contribution in [0.25, 0.3) is 0 Å². The number of hydrogen-bond donors (Lipinski definition) is 0. The molecular weight excluding hydrogens is 272 g/mol. The van der Waals surface area contributed by atoms with Crippen LogP contribution in [0.3, 0.4) is 0 Å². The topological polar surface area (TPSA) is 52.3 Å². The molecule has 6 heteroatoms. The first-order chi connectivity index (χ1) is 9.84. The van der Waals surface area contributed by atoms with Gasteiger partial charge in [-0.25, -0.2) is 14.7 Å². The van der Waals surface area contributed by atoms with Crippen molar-refractivity contribution in [1.29, 1.82) is 0 Å². The van der Waals surface area contributed by atoms with E-state index in [-0.39, 0.29) is 0 Å². The average molecular weight is 284 g/mol. The van der Waals surface area contributed by atoms with Crippen LogP contribution in [0.1, 0.15) is 6.92 Å². The van der Waals surface area contributed by atoms with Gasteiger partial charge in [-0.1, -0.05) is 30.0 Å². The zero-order valence-electron chi connectivity index (χ0n) is 10.8. The number of nitrogens with zero attached hydrogens (tertiary/aromatic N) is 4. The van der Waals surface area contributed by atoms with E-state index in [0.717, 1.165) is 16.4 Å². The Balaban J connectivity index is 2.08. The standard InChI is InChI=1S/C14H12N4OS/c1-11-13(20-8-7-19-11)14(18-10-15-9-16-18)17-12-5-3-2-4-6-12/h2-10H,1H3/b17-14+. The van der Waals surface area contributed by atoms with Gasteiger partial charge in [0.05, 0.1) is 16.9 Å². The number of rotatable bonds is 2. The SMILES string of the molecule is CC1=C(/C(=N\c2ccccc2)n2cncn2)SC=CO1. The summed E-state index contributed by atoms with van der Waals surface area (Å²) in [5.41, 5.74) is 0.855. The predicted octanol–water partition coefficient (Wildman–Crippen LogP) is 3.32. The van der Waals surface area contributed by atoms with Crippen LogP contribution >= 0.6 is 11.8 Å². The van der Waals surface area contributed by atoms with Crippen LogP contribution < -0.4 is 0 Å². The lowest BCUT2D eigenvalue weighted by atomic mass is 10.3. The third kappa shape index (κ3) is 2.65. The first-order valence-electron chi connectivity index (χ1n) is 6.03. The highest BCUT2D eigenvalue weighted by atomic mass is 32.2. The molecule has 0 atom stereocenters. The molecule has 1 aliphatic rings. The Bertz CT molecular complexity index is 674. The van der Waals surface area contributed by atoms with Crippen molar-refractivity contribution in [3.8, 4) is 0 Å². The van der Waals surface area contributed by atoms with Crippen LogP contribution in [0.5, 0.6) is 0 Å². The fraction of sp³-hybridized carbons (Fsp3) is 0.0714. The summed E-state index contributed by atoms with van der Waals surface area (Å²) in [6.07, 6.45) is 4.77. The molecule has 100 valence electrons. The van der Waals surface area contributed by atoms with Gasteiger partial charge >= 0.3 is 0 Å². The number of benzene rings is 1. The third-order valence-electron chi connectivity index (χ3n) is 2.64. The maximum absolute atomic E-state index is 5.44. The maximum Gasteiger partial charge on any atom is 0.173 e. The molecular formula is C14H12N4OS. The van der Waals surface area contributed by atoms with E-state index < -0.39 is 0 Å². The van der Waals surface area contributed by atoms with Crippen molar-refractivity contribution in [3.05, 3.63) is 65.3 Å². The monoisotopic (exact) mass is 284 g/mol. The Morgan fingerprint density at radius 2 is 2.15 bits per heavy atom. The lowest BCUT2D eigenvalue weighted by Gasteiger charge is -2.15. The van der Waals surface area contributed by atoms with Crippen molar-refractivity contribution in [3.63, 3.8) is 0 Å². The number of hydrogen-bond acceptors (Lipinski definition) is 5. The Kier molecular flexibility index (Phi) is 3.64. The van der Waals surface area contributed by atoms with Gasteiger partial charge in [0.15, 0.2) is 5.84 Å². The Morgan fingerprint density at radius 3 is 2.85 bits per heavy atom. The first kappa shape index (κ1) is 12.7. The number of ether oxygens (including phenoxy) is 1. The molecule has 1 aromatic heterocycles. The second-order valence-corrected chi connectivity index (χ2v) is 4.92. The van der Waals surface area contributed by atoms with Crippen LogP contribution in [0.4, 0.5) is 5.69 Å². The van der Waals surface area contributed by atoms with Gasteiger partial charge in [-0.05, 0) is 19.1 Å². The smallest absolute Gasteiger partial charge is 0.173 e. The maximum atomic E-state index is 5.44. The summed E-state index contributed by atoms with van der Waals surface area (Å²) in [7, 11) is 0. The highest BCUT2D eigenvalue weighted by molar-refractivity contribution is 8.06. The molecule has 0 spiro atoms. The zero-order valence-corrected chi connectivity index (χ0v) is 11.6. The van der Waals surface area contributed by atoms with Crippen LogP contribution in [-0.2, 0) is 4.74 Å². The van der Waals surface area contributed by atoms with E-state index in [0.29, 0.717) is 5.84 Å².